The Morgan fingerprint density at radius 2 is 1.79 bits per heavy atom. The highest BCUT2D eigenvalue weighted by Gasteiger charge is 2.35. The van der Waals surface area contributed by atoms with E-state index in [1.807, 2.05) is 37.3 Å². The average Bonchev–Trinajstić information content (AvgIpc) is 3.21. The van der Waals surface area contributed by atoms with Gasteiger partial charge >= 0.3 is 6.18 Å². The highest BCUT2D eigenvalue weighted by molar-refractivity contribution is 7.91. The molecular formula is C19H17F3N2O2S2. The van der Waals surface area contributed by atoms with Crippen LogP contribution in [-0.2, 0) is 16.0 Å². The molecule has 0 N–H and O–H groups in total. The van der Waals surface area contributed by atoms with Gasteiger partial charge in [-0.1, -0.05) is 43.3 Å². The highest BCUT2D eigenvalue weighted by Crippen LogP contribution is 2.32. The van der Waals surface area contributed by atoms with Crippen molar-refractivity contribution in [3.8, 4) is 10.6 Å². The molecule has 0 aliphatic rings. The van der Waals surface area contributed by atoms with Gasteiger partial charge in [0.25, 0.3) is 0 Å². The number of hydrogen-bond donors (Lipinski definition) is 0. The minimum Gasteiger partial charge on any atom is -0.220 e. The Labute approximate surface area is 165 Å². The predicted octanol–water partition coefficient (Wildman–Crippen LogP) is 5.19. The number of nitrogens with zero attached hydrogens (tertiary/aromatic N) is 2. The lowest BCUT2D eigenvalue weighted by atomic mass is 9.99. The summed E-state index contributed by atoms with van der Waals surface area (Å²) in [5.74, 6) is -0.410. The number of rotatable bonds is 6. The SMILES string of the molecule is CC(CCS(=O)(=O)c1nc(-c2cccs2)cc(C(F)(F)F)n1)c1ccccc1. The number of aromatic nitrogens is 2. The first kappa shape index (κ1) is 20.5. The molecule has 1 atom stereocenters. The number of halogens is 3. The number of thiophene rings is 1. The summed E-state index contributed by atoms with van der Waals surface area (Å²) in [4.78, 5) is 7.69. The largest absolute Gasteiger partial charge is 0.433 e. The zero-order chi connectivity index (χ0) is 20.4. The van der Waals surface area contributed by atoms with Gasteiger partial charge in [0.15, 0.2) is 0 Å². The van der Waals surface area contributed by atoms with Crippen LogP contribution in [0.4, 0.5) is 13.2 Å². The molecule has 0 saturated heterocycles. The first-order valence-electron chi connectivity index (χ1n) is 8.44. The van der Waals surface area contributed by atoms with E-state index in [0.717, 1.165) is 11.6 Å². The minimum absolute atomic E-state index is 0.0491. The zero-order valence-corrected chi connectivity index (χ0v) is 16.5. The number of benzene rings is 1. The first-order valence-corrected chi connectivity index (χ1v) is 11.0. The maximum Gasteiger partial charge on any atom is 0.433 e. The van der Waals surface area contributed by atoms with Crippen LogP contribution in [0, 0.1) is 0 Å². The maximum absolute atomic E-state index is 13.2. The van der Waals surface area contributed by atoms with Crippen molar-refractivity contribution in [1.82, 2.24) is 9.97 Å². The number of alkyl halides is 3. The molecule has 0 spiro atoms. The van der Waals surface area contributed by atoms with E-state index in [9.17, 15) is 21.6 Å². The van der Waals surface area contributed by atoms with E-state index in [1.165, 1.54) is 11.3 Å². The second kappa shape index (κ2) is 8.00. The lowest BCUT2D eigenvalue weighted by Gasteiger charge is -2.13. The molecule has 0 radical (unpaired) electrons. The molecule has 3 rings (SSSR count). The van der Waals surface area contributed by atoms with Crippen LogP contribution in [0.3, 0.4) is 0 Å². The van der Waals surface area contributed by atoms with Gasteiger partial charge in [0.1, 0.15) is 5.69 Å². The summed E-state index contributed by atoms with van der Waals surface area (Å²) in [5, 5.41) is 0.895. The fourth-order valence-electron chi connectivity index (χ4n) is 2.63. The summed E-state index contributed by atoms with van der Waals surface area (Å²) in [6.45, 7) is 1.87. The van der Waals surface area contributed by atoms with E-state index >= 15 is 0 Å². The van der Waals surface area contributed by atoms with Crippen molar-refractivity contribution in [2.24, 2.45) is 0 Å². The monoisotopic (exact) mass is 426 g/mol. The van der Waals surface area contributed by atoms with E-state index in [0.29, 0.717) is 4.88 Å². The second-order valence-electron chi connectivity index (χ2n) is 6.32. The third-order valence-electron chi connectivity index (χ3n) is 4.24. The molecule has 0 saturated carbocycles. The topological polar surface area (TPSA) is 59.9 Å². The number of hydrogen-bond acceptors (Lipinski definition) is 5. The molecule has 2 heterocycles. The van der Waals surface area contributed by atoms with Gasteiger partial charge in [-0.2, -0.15) is 13.2 Å². The van der Waals surface area contributed by atoms with Crippen LogP contribution in [0.2, 0.25) is 0 Å². The highest BCUT2D eigenvalue weighted by atomic mass is 32.2. The third-order valence-corrected chi connectivity index (χ3v) is 6.64. The normalized spacial score (nSPS) is 13.4. The van der Waals surface area contributed by atoms with Crippen LogP contribution in [0.5, 0.6) is 0 Å². The Morgan fingerprint density at radius 3 is 2.39 bits per heavy atom. The van der Waals surface area contributed by atoms with Gasteiger partial charge in [-0.15, -0.1) is 11.3 Å². The Balaban J connectivity index is 1.91. The second-order valence-corrected chi connectivity index (χ2v) is 9.27. The standard InChI is InChI=1S/C19H17F3N2O2S2/c1-13(14-6-3-2-4-7-14)9-11-28(25,26)18-23-15(16-8-5-10-27-16)12-17(24-18)19(20,21)22/h2-8,10,12-13H,9,11H2,1H3. The Bertz CT molecular complexity index is 1030. The van der Waals surface area contributed by atoms with Crippen LogP contribution >= 0.6 is 11.3 Å². The molecule has 0 aliphatic heterocycles. The number of sulfone groups is 1. The van der Waals surface area contributed by atoms with Gasteiger partial charge in [0.2, 0.25) is 15.0 Å². The van der Waals surface area contributed by atoms with Gasteiger partial charge in [-0.05, 0) is 35.4 Å². The van der Waals surface area contributed by atoms with E-state index < -0.39 is 26.9 Å². The Morgan fingerprint density at radius 1 is 1.07 bits per heavy atom. The molecule has 28 heavy (non-hydrogen) atoms. The molecule has 9 heteroatoms. The van der Waals surface area contributed by atoms with Gasteiger partial charge in [0, 0.05) is 0 Å². The first-order chi connectivity index (χ1) is 13.2. The van der Waals surface area contributed by atoms with Crippen LogP contribution in [0.1, 0.15) is 30.5 Å². The molecule has 1 unspecified atom stereocenters. The molecule has 0 bridgehead atoms. The van der Waals surface area contributed by atoms with Crippen molar-refractivity contribution in [3.05, 3.63) is 65.2 Å². The Hall–Kier alpha value is -2.26. The van der Waals surface area contributed by atoms with Crippen LogP contribution in [-0.4, -0.2) is 24.1 Å². The van der Waals surface area contributed by atoms with Crippen LogP contribution < -0.4 is 0 Å². The van der Waals surface area contributed by atoms with E-state index in [-0.39, 0.29) is 23.8 Å². The zero-order valence-electron chi connectivity index (χ0n) is 14.8. The van der Waals surface area contributed by atoms with Crippen LogP contribution in [0.15, 0.2) is 59.1 Å². The molecule has 2 aromatic heterocycles. The lowest BCUT2D eigenvalue weighted by Crippen LogP contribution is -2.17. The van der Waals surface area contributed by atoms with E-state index in [2.05, 4.69) is 9.97 Å². The lowest BCUT2D eigenvalue weighted by molar-refractivity contribution is -0.141. The van der Waals surface area contributed by atoms with E-state index in [1.54, 1.807) is 17.5 Å². The molecule has 1 aromatic carbocycles. The summed E-state index contributed by atoms with van der Waals surface area (Å²) < 4.78 is 65.1. The quantitative estimate of drug-likeness (QED) is 0.509. The van der Waals surface area contributed by atoms with Crippen molar-refractivity contribution >= 4 is 21.2 Å². The fourth-order valence-corrected chi connectivity index (χ4v) is 4.64. The summed E-state index contributed by atoms with van der Waals surface area (Å²) in [5.41, 5.74) is -0.352. The molecule has 148 valence electrons. The summed E-state index contributed by atoms with van der Waals surface area (Å²) >= 11 is 1.18. The van der Waals surface area contributed by atoms with Crippen molar-refractivity contribution in [2.75, 3.05) is 5.75 Å². The fraction of sp³-hybridized carbons (Fsp3) is 0.263. The van der Waals surface area contributed by atoms with E-state index in [4.69, 9.17) is 0 Å². The smallest absolute Gasteiger partial charge is 0.220 e. The Kier molecular flexibility index (Phi) is 5.85. The maximum atomic E-state index is 13.2. The minimum atomic E-state index is -4.77. The van der Waals surface area contributed by atoms with Gasteiger partial charge in [0.05, 0.1) is 16.3 Å². The van der Waals surface area contributed by atoms with Crippen molar-refractivity contribution < 1.29 is 21.6 Å². The van der Waals surface area contributed by atoms with Gasteiger partial charge in [-0.3, -0.25) is 0 Å². The molecular weight excluding hydrogens is 409 g/mol. The molecule has 3 aromatic rings. The third kappa shape index (κ3) is 4.77. The van der Waals surface area contributed by atoms with Crippen molar-refractivity contribution in [2.45, 2.75) is 30.6 Å². The van der Waals surface area contributed by atoms with Crippen molar-refractivity contribution in [3.63, 3.8) is 0 Å². The molecule has 0 amide bonds. The molecule has 0 aliphatic carbocycles. The summed E-state index contributed by atoms with van der Waals surface area (Å²) in [7, 11) is -4.08. The molecule has 0 fully saturated rings. The average molecular weight is 426 g/mol. The summed E-state index contributed by atoms with van der Waals surface area (Å²) in [6.07, 6.45) is -4.52. The predicted molar refractivity (Wildman–Crippen MR) is 102 cm³/mol. The van der Waals surface area contributed by atoms with Crippen molar-refractivity contribution in [1.29, 1.82) is 0 Å². The van der Waals surface area contributed by atoms with Gasteiger partial charge in [-0.25, -0.2) is 18.4 Å². The van der Waals surface area contributed by atoms with Gasteiger partial charge < -0.3 is 0 Å². The molecule has 4 nitrogen and oxygen atoms in total. The summed E-state index contributed by atoms with van der Waals surface area (Å²) in [6, 6.07) is 13.3. The van der Waals surface area contributed by atoms with Crippen LogP contribution in [0.25, 0.3) is 10.6 Å².